The highest BCUT2D eigenvalue weighted by Crippen LogP contribution is 2.34. The first-order valence-electron chi connectivity index (χ1n) is 7.93. The van der Waals surface area contributed by atoms with Gasteiger partial charge in [0.05, 0.1) is 12.5 Å². The number of carboxylic acids is 1. The Morgan fingerprint density at radius 1 is 1.38 bits per heavy atom. The number of piperidine rings is 1. The summed E-state index contributed by atoms with van der Waals surface area (Å²) in [6.45, 7) is 4.49. The van der Waals surface area contributed by atoms with Crippen LogP contribution in [0, 0.1) is 12.8 Å². The Balaban J connectivity index is 2.32. The summed E-state index contributed by atoms with van der Waals surface area (Å²) < 4.78 is 32.8. The average Bonchev–Trinajstić information content (AvgIpc) is 2.55. The fourth-order valence-corrected chi connectivity index (χ4v) is 4.48. The highest BCUT2D eigenvalue weighted by molar-refractivity contribution is 7.89. The van der Waals surface area contributed by atoms with Crippen LogP contribution in [0.4, 0.5) is 0 Å². The Morgan fingerprint density at radius 2 is 2.00 bits per heavy atom. The minimum Gasteiger partial charge on any atom is -0.492 e. The maximum absolute atomic E-state index is 13.0. The minimum atomic E-state index is -3.78. The highest BCUT2D eigenvalue weighted by atomic mass is 35.5. The number of hydrogen-bond donors (Lipinski definition) is 1. The lowest BCUT2D eigenvalue weighted by atomic mass is 9.99. The fraction of sp³-hybridized carbons (Fsp3) is 0.562. The van der Waals surface area contributed by atoms with Crippen molar-refractivity contribution >= 4 is 27.6 Å². The van der Waals surface area contributed by atoms with Crippen LogP contribution >= 0.6 is 11.6 Å². The maximum atomic E-state index is 13.0. The third kappa shape index (κ3) is 4.02. The van der Waals surface area contributed by atoms with Crippen molar-refractivity contribution < 1.29 is 23.1 Å². The predicted molar refractivity (Wildman–Crippen MR) is 91.1 cm³/mol. The first kappa shape index (κ1) is 19.0. The second-order valence-corrected chi connectivity index (χ2v) is 8.23. The van der Waals surface area contributed by atoms with Gasteiger partial charge in [-0.15, -0.1) is 0 Å². The van der Waals surface area contributed by atoms with Gasteiger partial charge < -0.3 is 9.84 Å². The van der Waals surface area contributed by atoms with Gasteiger partial charge in [0, 0.05) is 18.1 Å². The lowest BCUT2D eigenvalue weighted by molar-refractivity contribution is -0.142. The summed E-state index contributed by atoms with van der Waals surface area (Å²) in [4.78, 5) is 11.1. The van der Waals surface area contributed by atoms with E-state index in [1.807, 2.05) is 6.92 Å². The van der Waals surface area contributed by atoms with E-state index in [1.54, 1.807) is 13.0 Å². The molecule has 1 aromatic rings. The van der Waals surface area contributed by atoms with Crippen molar-refractivity contribution in [2.24, 2.45) is 5.92 Å². The van der Waals surface area contributed by atoms with Gasteiger partial charge in [-0.25, -0.2) is 8.42 Å². The molecule has 1 aromatic carbocycles. The van der Waals surface area contributed by atoms with Crippen LogP contribution in [0.5, 0.6) is 5.75 Å². The third-order valence-electron chi connectivity index (χ3n) is 4.11. The first-order chi connectivity index (χ1) is 11.3. The lowest BCUT2D eigenvalue weighted by Crippen LogP contribution is -2.40. The summed E-state index contributed by atoms with van der Waals surface area (Å²) in [6.07, 6.45) is 1.36. The topological polar surface area (TPSA) is 83.9 Å². The summed E-state index contributed by atoms with van der Waals surface area (Å²) in [5.74, 6) is -1.08. The molecule has 0 unspecified atom stereocenters. The van der Waals surface area contributed by atoms with Crippen molar-refractivity contribution in [3.05, 3.63) is 22.7 Å². The number of ether oxygens (including phenoxy) is 1. The van der Waals surface area contributed by atoms with Gasteiger partial charge in [0.1, 0.15) is 10.6 Å². The van der Waals surface area contributed by atoms with Crippen molar-refractivity contribution in [1.82, 2.24) is 4.31 Å². The van der Waals surface area contributed by atoms with Crippen LogP contribution in [-0.2, 0) is 14.8 Å². The van der Waals surface area contributed by atoms with Crippen LogP contribution < -0.4 is 4.74 Å². The molecule has 24 heavy (non-hydrogen) atoms. The lowest BCUT2D eigenvalue weighted by Gasteiger charge is -2.30. The van der Waals surface area contributed by atoms with E-state index in [4.69, 9.17) is 21.4 Å². The molecule has 6 nitrogen and oxygen atoms in total. The monoisotopic (exact) mass is 375 g/mol. The second-order valence-electron chi connectivity index (χ2n) is 5.91. The fourth-order valence-electron chi connectivity index (χ4n) is 2.65. The van der Waals surface area contributed by atoms with Crippen LogP contribution in [0.1, 0.15) is 31.7 Å². The number of sulfonamides is 1. The standard InChI is InChI=1S/C16H22ClNO5S/c1-3-8-23-14-9-11(2)13(17)10-15(14)24(21,22)18-6-4-12(5-7-18)16(19)20/h9-10,12H,3-8H2,1-2H3,(H,19,20). The third-order valence-corrected chi connectivity index (χ3v) is 6.43. The number of nitrogens with zero attached hydrogens (tertiary/aromatic N) is 1. The molecule has 1 fully saturated rings. The van der Waals surface area contributed by atoms with Gasteiger partial charge >= 0.3 is 5.97 Å². The summed E-state index contributed by atoms with van der Waals surface area (Å²) in [5.41, 5.74) is 0.742. The summed E-state index contributed by atoms with van der Waals surface area (Å²) in [7, 11) is -3.78. The van der Waals surface area contributed by atoms with Gasteiger partial charge in [-0.2, -0.15) is 4.31 Å². The molecule has 1 saturated heterocycles. The van der Waals surface area contributed by atoms with Crippen LogP contribution in [0.15, 0.2) is 17.0 Å². The molecule has 0 spiro atoms. The Morgan fingerprint density at radius 3 is 2.54 bits per heavy atom. The Labute approximate surface area is 147 Å². The van der Waals surface area contributed by atoms with E-state index in [2.05, 4.69) is 0 Å². The summed E-state index contributed by atoms with van der Waals surface area (Å²) >= 11 is 6.11. The average molecular weight is 376 g/mol. The largest absolute Gasteiger partial charge is 0.492 e. The zero-order chi connectivity index (χ0) is 17.9. The summed E-state index contributed by atoms with van der Waals surface area (Å²) in [6, 6.07) is 3.05. The molecule has 1 aliphatic rings. The Kier molecular flexibility index (Phi) is 6.11. The number of carbonyl (C=O) groups is 1. The number of rotatable bonds is 6. The van der Waals surface area contributed by atoms with E-state index in [0.717, 1.165) is 12.0 Å². The van der Waals surface area contributed by atoms with Crippen LogP contribution in [-0.4, -0.2) is 43.5 Å². The van der Waals surface area contributed by atoms with E-state index < -0.39 is 21.9 Å². The number of benzene rings is 1. The molecule has 0 aliphatic carbocycles. The molecular formula is C16H22ClNO5S. The molecule has 1 N–H and O–H groups in total. The van der Waals surface area contributed by atoms with Crippen molar-refractivity contribution in [2.75, 3.05) is 19.7 Å². The normalized spacial score (nSPS) is 17.0. The van der Waals surface area contributed by atoms with Gasteiger partial charge in [0.15, 0.2) is 0 Å². The number of aryl methyl sites for hydroxylation is 1. The van der Waals surface area contributed by atoms with Crippen molar-refractivity contribution in [3.8, 4) is 5.75 Å². The molecule has 0 amide bonds. The maximum Gasteiger partial charge on any atom is 0.306 e. The number of carboxylic acid groups (broad SMARTS) is 1. The van der Waals surface area contributed by atoms with Gasteiger partial charge in [-0.1, -0.05) is 18.5 Å². The first-order valence-corrected chi connectivity index (χ1v) is 9.75. The molecular weight excluding hydrogens is 354 g/mol. The van der Waals surface area contributed by atoms with E-state index in [1.165, 1.54) is 10.4 Å². The molecule has 1 heterocycles. The van der Waals surface area contributed by atoms with E-state index >= 15 is 0 Å². The van der Waals surface area contributed by atoms with Crippen LogP contribution in [0.25, 0.3) is 0 Å². The van der Waals surface area contributed by atoms with Crippen molar-refractivity contribution in [2.45, 2.75) is 38.0 Å². The highest BCUT2D eigenvalue weighted by Gasteiger charge is 2.34. The minimum absolute atomic E-state index is 0.0420. The van der Waals surface area contributed by atoms with Crippen molar-refractivity contribution in [1.29, 1.82) is 0 Å². The molecule has 8 heteroatoms. The molecule has 0 atom stereocenters. The molecule has 2 rings (SSSR count). The van der Waals surface area contributed by atoms with Gasteiger partial charge in [0.25, 0.3) is 0 Å². The SMILES string of the molecule is CCCOc1cc(C)c(Cl)cc1S(=O)(=O)N1CCC(C(=O)O)CC1. The van der Waals surface area contributed by atoms with Crippen molar-refractivity contribution in [3.63, 3.8) is 0 Å². The molecule has 0 bridgehead atoms. The quantitative estimate of drug-likeness (QED) is 0.826. The Hall–Kier alpha value is -1.31. The zero-order valence-corrected chi connectivity index (χ0v) is 15.4. The van der Waals surface area contributed by atoms with Gasteiger partial charge in [-0.3, -0.25) is 4.79 Å². The number of hydrogen-bond acceptors (Lipinski definition) is 4. The molecule has 0 saturated carbocycles. The zero-order valence-electron chi connectivity index (χ0n) is 13.8. The summed E-state index contributed by atoms with van der Waals surface area (Å²) in [5, 5.41) is 9.41. The van der Waals surface area contributed by atoms with Crippen LogP contribution in [0.3, 0.4) is 0 Å². The second kappa shape index (κ2) is 7.72. The molecule has 1 aliphatic heterocycles. The molecule has 0 radical (unpaired) electrons. The van der Waals surface area contributed by atoms with E-state index in [0.29, 0.717) is 30.2 Å². The van der Waals surface area contributed by atoms with Crippen LogP contribution in [0.2, 0.25) is 5.02 Å². The molecule has 0 aromatic heterocycles. The van der Waals surface area contributed by atoms with Gasteiger partial charge in [0.2, 0.25) is 10.0 Å². The van der Waals surface area contributed by atoms with E-state index in [9.17, 15) is 13.2 Å². The number of halogens is 1. The predicted octanol–water partition coefficient (Wildman–Crippen LogP) is 2.92. The van der Waals surface area contributed by atoms with E-state index in [-0.39, 0.29) is 18.0 Å². The Bertz CT molecular complexity index is 711. The molecule has 134 valence electrons. The number of aliphatic carboxylic acids is 1. The van der Waals surface area contributed by atoms with Gasteiger partial charge in [-0.05, 0) is 43.9 Å². The smallest absolute Gasteiger partial charge is 0.306 e.